The van der Waals surface area contributed by atoms with Crippen molar-refractivity contribution in [2.45, 2.75) is 32.5 Å². The van der Waals surface area contributed by atoms with Gasteiger partial charge in [-0.25, -0.2) is 4.98 Å². The lowest BCUT2D eigenvalue weighted by Crippen LogP contribution is -2.31. The summed E-state index contributed by atoms with van der Waals surface area (Å²) in [6.07, 6.45) is 2.19. The molecule has 2 heterocycles. The number of hydrogen-bond acceptors (Lipinski definition) is 7. The second kappa shape index (κ2) is 8.80. The van der Waals surface area contributed by atoms with Crippen LogP contribution in [0.5, 0.6) is 0 Å². The van der Waals surface area contributed by atoms with Gasteiger partial charge in [0.2, 0.25) is 0 Å². The summed E-state index contributed by atoms with van der Waals surface area (Å²) in [5, 5.41) is 8.57. The summed E-state index contributed by atoms with van der Waals surface area (Å²) in [4.78, 5) is 22.9. The molecule has 0 amide bonds. The zero-order valence-electron chi connectivity index (χ0n) is 16.0. The number of nitrogens with zero attached hydrogens (tertiary/aromatic N) is 3. The molecule has 1 unspecified atom stereocenters. The Kier molecular flexibility index (Phi) is 5.97. The van der Waals surface area contributed by atoms with Gasteiger partial charge in [-0.05, 0) is 30.2 Å². The van der Waals surface area contributed by atoms with Crippen LogP contribution in [0.25, 0.3) is 10.2 Å². The minimum absolute atomic E-state index is 0.569. The first kappa shape index (κ1) is 19.7. The Hall–Kier alpha value is -2.64. The average Bonchev–Trinajstić information content (AvgIpc) is 3.38. The number of nitrogens with one attached hydrogen (secondary N) is 1. The Labute approximate surface area is 178 Å². The van der Waals surface area contributed by atoms with Crippen LogP contribution >= 0.6 is 22.9 Å². The van der Waals surface area contributed by atoms with Crippen LogP contribution in [-0.4, -0.2) is 29.9 Å². The number of anilines is 1. The van der Waals surface area contributed by atoms with Crippen LogP contribution in [0.3, 0.4) is 0 Å². The third kappa shape index (κ3) is 4.52. The highest BCUT2D eigenvalue weighted by molar-refractivity contribution is 7.22. The lowest BCUT2D eigenvalue weighted by molar-refractivity contribution is -0.117. The molecule has 6 nitrogen and oxygen atoms in total. The topological polar surface area (TPSA) is 66.8 Å². The molecule has 0 bridgehead atoms. The van der Waals surface area contributed by atoms with Gasteiger partial charge in [0.1, 0.15) is 0 Å². The molecule has 2 aromatic carbocycles. The Morgan fingerprint density at radius 2 is 2.10 bits per heavy atom. The van der Waals surface area contributed by atoms with Crippen LogP contribution in [0.4, 0.5) is 5.13 Å². The molecule has 150 valence electrons. The van der Waals surface area contributed by atoms with Gasteiger partial charge in [0.25, 0.3) is 6.23 Å². The molecule has 0 saturated carbocycles. The van der Waals surface area contributed by atoms with E-state index in [0.717, 1.165) is 51.9 Å². The molecule has 1 N–H and O–H groups in total. The quantitative estimate of drug-likeness (QED) is 0.532. The number of halogens is 1. The van der Waals surface area contributed by atoms with Crippen LogP contribution in [0.15, 0.2) is 47.6 Å². The first-order valence-corrected chi connectivity index (χ1v) is 10.7. The summed E-state index contributed by atoms with van der Waals surface area (Å²) in [5.74, 6) is 0.569. The van der Waals surface area contributed by atoms with E-state index >= 15 is 0 Å². The molecule has 0 radical (unpaired) electrons. The molecular formula is C21H21ClN4O2S. The second-order valence-electron chi connectivity index (χ2n) is 6.83. The fraction of sp³-hybridized carbons (Fsp3) is 0.286. The van der Waals surface area contributed by atoms with E-state index in [1.165, 1.54) is 5.56 Å². The fourth-order valence-corrected chi connectivity index (χ4v) is 4.36. The zero-order valence-corrected chi connectivity index (χ0v) is 17.5. The molecule has 1 aliphatic heterocycles. The molecule has 3 aromatic rings. The first-order valence-electron chi connectivity index (χ1n) is 9.52. The van der Waals surface area contributed by atoms with Gasteiger partial charge in [0.15, 0.2) is 17.3 Å². The molecular weight excluding hydrogens is 408 g/mol. The van der Waals surface area contributed by atoms with Gasteiger partial charge in [-0.2, -0.15) is 0 Å². The third-order valence-corrected chi connectivity index (χ3v) is 5.97. The predicted octanol–water partition coefficient (Wildman–Crippen LogP) is 4.56. The van der Waals surface area contributed by atoms with Gasteiger partial charge >= 0.3 is 0 Å². The molecule has 29 heavy (non-hydrogen) atoms. The van der Waals surface area contributed by atoms with Gasteiger partial charge in [0.05, 0.1) is 10.2 Å². The normalized spacial score (nSPS) is 15.7. The number of benzene rings is 2. The molecule has 0 spiro atoms. The van der Waals surface area contributed by atoms with Gasteiger partial charge in [-0.1, -0.05) is 65.7 Å². The summed E-state index contributed by atoms with van der Waals surface area (Å²) in [6.45, 7) is 3.89. The number of hydrogen-bond donors (Lipinski definition) is 1. The number of aldehydes is 1. The minimum atomic E-state index is -0.707. The predicted molar refractivity (Wildman–Crippen MR) is 118 cm³/mol. The molecule has 1 aliphatic rings. The van der Waals surface area contributed by atoms with Crippen LogP contribution in [0.1, 0.15) is 30.9 Å². The van der Waals surface area contributed by atoms with Gasteiger partial charge in [-0.15, -0.1) is 0 Å². The smallest absolute Gasteiger partial charge is 0.254 e. The highest BCUT2D eigenvalue weighted by Crippen LogP contribution is 2.31. The van der Waals surface area contributed by atoms with Gasteiger partial charge < -0.3 is 15.1 Å². The summed E-state index contributed by atoms with van der Waals surface area (Å²) in [5.41, 5.74) is 3.03. The maximum atomic E-state index is 10.8. The van der Waals surface area contributed by atoms with Crippen molar-refractivity contribution >= 4 is 50.4 Å². The highest BCUT2D eigenvalue weighted by Gasteiger charge is 2.19. The molecule has 4 rings (SSSR count). The van der Waals surface area contributed by atoms with Crippen molar-refractivity contribution in [3.05, 3.63) is 58.6 Å². The molecule has 0 fully saturated rings. The number of fused-ring (bicyclic) bond motifs is 1. The first-order chi connectivity index (χ1) is 14.2. The number of aromatic nitrogens is 1. The minimum Gasteiger partial charge on any atom is -0.361 e. The van der Waals surface area contributed by atoms with E-state index in [1.54, 1.807) is 11.3 Å². The Morgan fingerprint density at radius 1 is 1.28 bits per heavy atom. The Bertz CT molecular complexity index is 1030. The number of carbonyl (C=O) groups is 1. The van der Waals surface area contributed by atoms with E-state index in [2.05, 4.69) is 34.4 Å². The van der Waals surface area contributed by atoms with Crippen LogP contribution in [-0.2, 0) is 16.2 Å². The van der Waals surface area contributed by atoms with Crippen LogP contribution in [0.2, 0.25) is 5.02 Å². The van der Waals surface area contributed by atoms with Crippen molar-refractivity contribution in [3.8, 4) is 0 Å². The Balaban J connectivity index is 1.52. The van der Waals surface area contributed by atoms with E-state index in [0.29, 0.717) is 12.1 Å². The second-order valence-corrected chi connectivity index (χ2v) is 8.27. The standard InChI is InChI=1S/C21H21ClN4O2S/c1-2-3-10-26(21-23-17-9-8-16(22)11-18(17)29-21)12-14-4-6-15(7-5-14)20-24-19(13-27)28-25-20/h4-9,11,13,19H,2-3,10,12H2,1H3,(H,24,25). The third-order valence-electron chi connectivity index (χ3n) is 4.65. The number of amidine groups is 1. The lowest BCUT2D eigenvalue weighted by Gasteiger charge is -2.22. The summed E-state index contributed by atoms with van der Waals surface area (Å²) >= 11 is 7.80. The molecule has 1 aromatic heterocycles. The van der Waals surface area contributed by atoms with E-state index in [4.69, 9.17) is 21.4 Å². The number of thiazole rings is 1. The highest BCUT2D eigenvalue weighted by atomic mass is 35.5. The van der Waals surface area contributed by atoms with Crippen molar-refractivity contribution in [1.29, 1.82) is 0 Å². The number of unbranched alkanes of at least 4 members (excludes halogenated alkanes) is 1. The fourth-order valence-electron chi connectivity index (χ4n) is 3.09. The number of rotatable bonds is 8. The van der Waals surface area contributed by atoms with Gasteiger partial charge in [-0.3, -0.25) is 4.79 Å². The molecule has 8 heteroatoms. The van der Waals surface area contributed by atoms with E-state index < -0.39 is 6.23 Å². The lowest BCUT2D eigenvalue weighted by atomic mass is 10.1. The number of carbonyl (C=O) groups excluding carboxylic acids is 1. The summed E-state index contributed by atoms with van der Waals surface area (Å²) in [7, 11) is 0. The van der Waals surface area contributed by atoms with E-state index in [9.17, 15) is 4.79 Å². The Morgan fingerprint density at radius 3 is 2.83 bits per heavy atom. The summed E-state index contributed by atoms with van der Waals surface area (Å²) < 4.78 is 1.10. The summed E-state index contributed by atoms with van der Waals surface area (Å²) in [6, 6.07) is 13.9. The van der Waals surface area contributed by atoms with Crippen molar-refractivity contribution < 1.29 is 9.63 Å². The van der Waals surface area contributed by atoms with Crippen LogP contribution in [0, 0.1) is 0 Å². The van der Waals surface area contributed by atoms with Crippen molar-refractivity contribution in [3.63, 3.8) is 0 Å². The monoisotopic (exact) mass is 428 g/mol. The van der Waals surface area contributed by atoms with Crippen molar-refractivity contribution in [2.24, 2.45) is 5.16 Å². The molecule has 0 aliphatic carbocycles. The maximum absolute atomic E-state index is 10.8. The molecule has 1 atom stereocenters. The largest absolute Gasteiger partial charge is 0.361 e. The average molecular weight is 429 g/mol. The molecule has 0 saturated heterocycles. The van der Waals surface area contributed by atoms with Crippen LogP contribution < -0.4 is 10.2 Å². The van der Waals surface area contributed by atoms with Crippen molar-refractivity contribution in [1.82, 2.24) is 10.3 Å². The number of oxime groups is 1. The maximum Gasteiger partial charge on any atom is 0.254 e. The zero-order chi connectivity index (χ0) is 20.2. The van der Waals surface area contributed by atoms with Gasteiger partial charge in [0, 0.05) is 23.7 Å². The van der Waals surface area contributed by atoms with Crippen molar-refractivity contribution in [2.75, 3.05) is 11.4 Å². The SMILES string of the molecule is CCCCN(Cc1ccc(C2=NOC(C=O)N2)cc1)c1nc2ccc(Cl)cc2s1. The van der Waals surface area contributed by atoms with E-state index in [-0.39, 0.29) is 0 Å². The van der Waals surface area contributed by atoms with E-state index in [1.807, 2.05) is 30.3 Å².